The van der Waals surface area contributed by atoms with Crippen molar-refractivity contribution in [2.24, 2.45) is 11.7 Å². The molecule has 2 saturated heterocycles. The monoisotopic (exact) mass is 309 g/mol. The van der Waals surface area contributed by atoms with Crippen LogP contribution < -0.4 is 10.6 Å². The Kier molecular flexibility index (Phi) is 4.69. The van der Waals surface area contributed by atoms with Crippen LogP contribution >= 0.6 is 11.6 Å². The number of morpholine rings is 1. The van der Waals surface area contributed by atoms with Gasteiger partial charge in [0.1, 0.15) is 0 Å². The summed E-state index contributed by atoms with van der Waals surface area (Å²) in [4.78, 5) is 4.83. The molecule has 3 rings (SSSR count). The highest BCUT2D eigenvalue weighted by Crippen LogP contribution is 2.39. The van der Waals surface area contributed by atoms with Crippen LogP contribution in [-0.2, 0) is 4.74 Å². The number of nitrogens with two attached hydrogens (primary N) is 1. The first-order valence-corrected chi connectivity index (χ1v) is 8.09. The van der Waals surface area contributed by atoms with Gasteiger partial charge in [-0.3, -0.25) is 4.90 Å². The highest BCUT2D eigenvalue weighted by atomic mass is 35.5. The van der Waals surface area contributed by atoms with Crippen molar-refractivity contribution in [1.82, 2.24) is 4.90 Å². The molecular weight excluding hydrogens is 286 g/mol. The van der Waals surface area contributed by atoms with Gasteiger partial charge in [-0.25, -0.2) is 0 Å². The number of anilines is 1. The second-order valence-corrected chi connectivity index (χ2v) is 6.53. The van der Waals surface area contributed by atoms with E-state index in [1.54, 1.807) is 0 Å². The molecule has 21 heavy (non-hydrogen) atoms. The van der Waals surface area contributed by atoms with Gasteiger partial charge in [0.25, 0.3) is 0 Å². The van der Waals surface area contributed by atoms with Gasteiger partial charge in [0.2, 0.25) is 0 Å². The second-order valence-electron chi connectivity index (χ2n) is 6.10. The lowest BCUT2D eigenvalue weighted by molar-refractivity contribution is 0.122. The number of halogens is 1. The first-order valence-electron chi connectivity index (χ1n) is 7.71. The van der Waals surface area contributed by atoms with Crippen molar-refractivity contribution in [3.05, 3.63) is 28.8 Å². The number of likely N-dealkylation sites (tertiary alicyclic amines) is 1. The molecule has 2 unspecified atom stereocenters. The van der Waals surface area contributed by atoms with Crippen LogP contribution in [0.15, 0.2) is 18.2 Å². The summed E-state index contributed by atoms with van der Waals surface area (Å²) in [5, 5.41) is 0.812. The molecule has 0 saturated carbocycles. The Bertz CT molecular complexity index is 490. The van der Waals surface area contributed by atoms with Crippen LogP contribution in [0.1, 0.15) is 18.0 Å². The van der Waals surface area contributed by atoms with E-state index in [2.05, 4.69) is 29.0 Å². The summed E-state index contributed by atoms with van der Waals surface area (Å²) in [6.45, 7) is 5.32. The maximum absolute atomic E-state index is 6.27. The van der Waals surface area contributed by atoms with E-state index in [-0.39, 0.29) is 0 Å². The smallest absolute Gasteiger partial charge is 0.0642 e. The van der Waals surface area contributed by atoms with Gasteiger partial charge in [0.15, 0.2) is 0 Å². The lowest BCUT2D eigenvalue weighted by Crippen LogP contribution is -2.37. The van der Waals surface area contributed by atoms with E-state index in [1.165, 1.54) is 11.3 Å². The largest absolute Gasteiger partial charge is 0.378 e. The first-order chi connectivity index (χ1) is 10.2. The van der Waals surface area contributed by atoms with E-state index >= 15 is 0 Å². The third kappa shape index (κ3) is 3.19. The number of hydrogen-bond acceptors (Lipinski definition) is 4. The molecule has 0 radical (unpaired) electrons. The van der Waals surface area contributed by atoms with Gasteiger partial charge in [-0.15, -0.1) is 0 Å². The molecule has 2 aliphatic heterocycles. The molecule has 2 atom stereocenters. The lowest BCUT2D eigenvalue weighted by Gasteiger charge is -2.33. The van der Waals surface area contributed by atoms with E-state index in [1.807, 2.05) is 6.07 Å². The predicted molar refractivity (Wildman–Crippen MR) is 87.0 cm³/mol. The Morgan fingerprint density at radius 1 is 1.33 bits per heavy atom. The van der Waals surface area contributed by atoms with Crippen LogP contribution in [0.25, 0.3) is 0 Å². The van der Waals surface area contributed by atoms with Crippen LogP contribution in [-0.4, -0.2) is 51.3 Å². The molecule has 5 heteroatoms. The molecule has 2 heterocycles. The molecule has 2 aliphatic rings. The Labute approximate surface area is 131 Å². The molecule has 1 aromatic rings. The van der Waals surface area contributed by atoms with Gasteiger partial charge >= 0.3 is 0 Å². The number of benzene rings is 1. The molecule has 0 aromatic heterocycles. The third-order valence-electron chi connectivity index (χ3n) is 4.67. The molecule has 2 N–H and O–H groups in total. The zero-order valence-electron chi connectivity index (χ0n) is 12.6. The van der Waals surface area contributed by atoms with Gasteiger partial charge in [-0.2, -0.15) is 0 Å². The molecule has 0 bridgehead atoms. The van der Waals surface area contributed by atoms with Crippen molar-refractivity contribution in [1.29, 1.82) is 0 Å². The zero-order chi connectivity index (χ0) is 14.8. The maximum atomic E-state index is 6.27. The molecule has 0 spiro atoms. The van der Waals surface area contributed by atoms with Crippen LogP contribution in [0.5, 0.6) is 0 Å². The summed E-state index contributed by atoms with van der Waals surface area (Å²) in [5.41, 5.74) is 8.51. The fourth-order valence-corrected chi connectivity index (χ4v) is 3.70. The fourth-order valence-electron chi connectivity index (χ4n) is 3.52. The fraction of sp³-hybridized carbons (Fsp3) is 0.625. The van der Waals surface area contributed by atoms with E-state index in [4.69, 9.17) is 22.1 Å². The van der Waals surface area contributed by atoms with Crippen LogP contribution in [0.2, 0.25) is 5.02 Å². The van der Waals surface area contributed by atoms with Gasteiger partial charge in [0.05, 0.1) is 13.2 Å². The summed E-state index contributed by atoms with van der Waals surface area (Å²) in [5.74, 6) is 0.580. The number of rotatable bonds is 3. The summed E-state index contributed by atoms with van der Waals surface area (Å²) < 4.78 is 5.47. The Hall–Kier alpha value is -0.810. The van der Waals surface area contributed by atoms with Gasteiger partial charge in [-0.05, 0) is 49.7 Å². The minimum Gasteiger partial charge on any atom is -0.378 e. The lowest BCUT2D eigenvalue weighted by atomic mass is 9.97. The average Bonchev–Trinajstić information content (AvgIpc) is 2.89. The molecular formula is C16H24ClN3O. The van der Waals surface area contributed by atoms with Crippen molar-refractivity contribution in [2.45, 2.75) is 12.5 Å². The molecule has 0 amide bonds. The van der Waals surface area contributed by atoms with Gasteiger partial charge < -0.3 is 15.4 Å². The summed E-state index contributed by atoms with van der Waals surface area (Å²) >= 11 is 6.27. The second kappa shape index (κ2) is 6.53. The summed E-state index contributed by atoms with van der Waals surface area (Å²) in [6.07, 6.45) is 1.12. The molecule has 0 aliphatic carbocycles. The van der Waals surface area contributed by atoms with Crippen molar-refractivity contribution in [3.63, 3.8) is 0 Å². The molecule has 116 valence electrons. The Morgan fingerprint density at radius 2 is 2.10 bits per heavy atom. The summed E-state index contributed by atoms with van der Waals surface area (Å²) in [6, 6.07) is 6.69. The minimum absolute atomic E-state index is 0.412. The van der Waals surface area contributed by atoms with Crippen molar-refractivity contribution in [2.75, 3.05) is 51.3 Å². The zero-order valence-corrected chi connectivity index (χ0v) is 13.4. The van der Waals surface area contributed by atoms with Crippen molar-refractivity contribution >= 4 is 17.3 Å². The van der Waals surface area contributed by atoms with E-state index < -0.39 is 0 Å². The number of ether oxygens (including phenoxy) is 1. The van der Waals surface area contributed by atoms with Gasteiger partial charge in [0, 0.05) is 36.4 Å². The Balaban J connectivity index is 1.91. The third-order valence-corrected chi connectivity index (χ3v) is 4.90. The van der Waals surface area contributed by atoms with Crippen LogP contribution in [0.3, 0.4) is 0 Å². The highest BCUT2D eigenvalue weighted by molar-refractivity contribution is 6.30. The van der Waals surface area contributed by atoms with Crippen LogP contribution in [0, 0.1) is 5.92 Å². The molecule has 2 fully saturated rings. The van der Waals surface area contributed by atoms with E-state index in [9.17, 15) is 0 Å². The highest BCUT2D eigenvalue weighted by Gasteiger charge is 2.32. The average molecular weight is 310 g/mol. The quantitative estimate of drug-likeness (QED) is 0.929. The number of hydrogen-bond donors (Lipinski definition) is 1. The summed E-state index contributed by atoms with van der Waals surface area (Å²) in [7, 11) is 2.18. The van der Waals surface area contributed by atoms with E-state index in [0.717, 1.165) is 50.8 Å². The van der Waals surface area contributed by atoms with Crippen molar-refractivity contribution in [3.8, 4) is 0 Å². The number of nitrogens with zero attached hydrogens (tertiary/aromatic N) is 2. The van der Waals surface area contributed by atoms with Crippen molar-refractivity contribution < 1.29 is 4.74 Å². The van der Waals surface area contributed by atoms with Gasteiger partial charge in [-0.1, -0.05) is 11.6 Å². The minimum atomic E-state index is 0.412. The van der Waals surface area contributed by atoms with E-state index in [0.29, 0.717) is 12.0 Å². The SMILES string of the molecule is CN1CC(CN)CC1c1cc(Cl)ccc1N1CCOCC1. The first kappa shape index (κ1) is 15.1. The molecule has 1 aromatic carbocycles. The maximum Gasteiger partial charge on any atom is 0.0642 e. The predicted octanol–water partition coefficient (Wildman–Crippen LogP) is 2.13. The molecule has 4 nitrogen and oxygen atoms in total. The van der Waals surface area contributed by atoms with Crippen LogP contribution in [0.4, 0.5) is 5.69 Å². The standard InChI is InChI=1S/C16H24ClN3O/c1-19-11-12(10-18)8-16(19)14-9-13(17)2-3-15(14)20-4-6-21-7-5-20/h2-3,9,12,16H,4-8,10-11,18H2,1H3. The normalized spacial score (nSPS) is 27.3. The topological polar surface area (TPSA) is 41.7 Å². The Morgan fingerprint density at radius 3 is 2.76 bits per heavy atom.